The van der Waals surface area contributed by atoms with Gasteiger partial charge in [0.15, 0.2) is 0 Å². The lowest BCUT2D eigenvalue weighted by Crippen LogP contribution is -2.48. The average molecular weight is 467 g/mol. The second kappa shape index (κ2) is 11.6. The summed E-state index contributed by atoms with van der Waals surface area (Å²) in [4.78, 5) is 27.5. The number of anilines is 1. The van der Waals surface area contributed by atoms with Crippen LogP contribution in [-0.4, -0.2) is 61.6 Å². The van der Waals surface area contributed by atoms with Gasteiger partial charge in [-0.05, 0) is 42.3 Å². The summed E-state index contributed by atoms with van der Waals surface area (Å²) in [6, 6.07) is 12.5. The summed E-state index contributed by atoms with van der Waals surface area (Å²) in [7, 11) is 1.71. The van der Waals surface area contributed by atoms with Gasteiger partial charge in [0.25, 0.3) is 5.91 Å². The van der Waals surface area contributed by atoms with Crippen LogP contribution in [0.2, 0.25) is 0 Å². The number of nitrogens with zero attached hydrogens (tertiary/aromatic N) is 4. The second-order valence-electron chi connectivity index (χ2n) is 8.30. The third-order valence-corrected chi connectivity index (χ3v) is 5.89. The first-order chi connectivity index (χ1) is 16.3. The molecule has 2 N–H and O–H groups in total. The van der Waals surface area contributed by atoms with E-state index in [1.54, 1.807) is 23.9 Å². The van der Waals surface area contributed by atoms with E-state index in [1.807, 2.05) is 42.3 Å². The highest BCUT2D eigenvalue weighted by Crippen LogP contribution is 2.26. The Bertz CT molecular complexity index is 1060. The van der Waals surface area contributed by atoms with E-state index in [-0.39, 0.29) is 30.5 Å². The Labute approximate surface area is 199 Å². The van der Waals surface area contributed by atoms with E-state index in [4.69, 9.17) is 0 Å². The van der Waals surface area contributed by atoms with Crippen LogP contribution >= 0.6 is 0 Å². The number of nitrogens with one attached hydrogen (secondary N) is 2. The van der Waals surface area contributed by atoms with E-state index in [2.05, 4.69) is 10.6 Å². The normalized spacial score (nSPS) is 12.7. The molecule has 0 fully saturated rings. The molecule has 9 heteroatoms. The predicted octanol–water partition coefficient (Wildman–Crippen LogP) is 1.93. The van der Waals surface area contributed by atoms with E-state index in [9.17, 15) is 19.2 Å². The number of hydrogen-bond acceptors (Lipinski definition) is 6. The lowest BCUT2D eigenvalue weighted by atomic mass is 10.1. The van der Waals surface area contributed by atoms with Crippen LogP contribution in [0.25, 0.3) is 0 Å². The monoisotopic (exact) mass is 466 g/mol. The van der Waals surface area contributed by atoms with Gasteiger partial charge in [-0.15, -0.1) is 0 Å². The molecule has 3 rings (SSSR count). The van der Waals surface area contributed by atoms with E-state index in [0.29, 0.717) is 37.4 Å². The summed E-state index contributed by atoms with van der Waals surface area (Å²) in [5.41, 5.74) is 3.24. The molecule has 0 unspecified atom stereocenters. The van der Waals surface area contributed by atoms with Crippen LogP contribution in [0.5, 0.6) is 0 Å². The Morgan fingerprint density at radius 3 is 2.44 bits per heavy atom. The number of nitriles is 1. The van der Waals surface area contributed by atoms with Crippen LogP contribution in [0.3, 0.4) is 0 Å². The Hall–Kier alpha value is -3.48. The smallest absolute Gasteiger partial charge is 0.256 e. The van der Waals surface area contributed by atoms with Crippen molar-refractivity contribution in [2.24, 2.45) is 0 Å². The molecular weight excluding hydrogens is 435 g/mol. The summed E-state index contributed by atoms with van der Waals surface area (Å²) >= 11 is 0. The van der Waals surface area contributed by atoms with Gasteiger partial charge in [0.2, 0.25) is 5.91 Å². The van der Waals surface area contributed by atoms with Crippen molar-refractivity contribution in [1.29, 1.82) is 5.26 Å². The van der Waals surface area contributed by atoms with Crippen molar-refractivity contribution in [3.8, 4) is 6.07 Å². The van der Waals surface area contributed by atoms with Crippen LogP contribution in [0, 0.1) is 24.1 Å². The lowest BCUT2D eigenvalue weighted by Gasteiger charge is -2.32. The number of rotatable bonds is 10. The van der Waals surface area contributed by atoms with Gasteiger partial charge in [-0.25, -0.2) is 9.40 Å². The maximum absolute atomic E-state index is 14.1. The molecule has 0 spiro atoms. The minimum atomic E-state index is -0.628. The zero-order valence-corrected chi connectivity index (χ0v) is 19.9. The predicted molar refractivity (Wildman–Crippen MR) is 128 cm³/mol. The van der Waals surface area contributed by atoms with E-state index in [0.717, 1.165) is 6.54 Å². The maximum Gasteiger partial charge on any atom is 0.256 e. The van der Waals surface area contributed by atoms with Crippen molar-refractivity contribution in [3.05, 3.63) is 64.5 Å². The van der Waals surface area contributed by atoms with Gasteiger partial charge in [0.05, 0.1) is 18.7 Å². The lowest BCUT2D eigenvalue weighted by molar-refractivity contribution is -0.145. The molecule has 0 saturated heterocycles. The minimum absolute atomic E-state index is 0.0940. The molecule has 2 aromatic carbocycles. The minimum Gasteiger partial charge on any atom is -0.353 e. The zero-order valence-electron chi connectivity index (χ0n) is 19.9. The molecule has 180 valence electrons. The number of hydrogen-bond donors (Lipinski definition) is 2. The van der Waals surface area contributed by atoms with E-state index in [1.165, 1.54) is 23.3 Å². The van der Waals surface area contributed by atoms with Crippen LogP contribution < -0.4 is 15.5 Å². The number of amides is 2. The van der Waals surface area contributed by atoms with Crippen LogP contribution in [0.15, 0.2) is 36.4 Å². The molecule has 0 bridgehead atoms. The van der Waals surface area contributed by atoms with Crippen LogP contribution in [0.1, 0.15) is 29.2 Å². The molecule has 1 aliphatic rings. The van der Waals surface area contributed by atoms with Gasteiger partial charge in [0, 0.05) is 38.9 Å². The molecule has 2 amide bonds. The van der Waals surface area contributed by atoms with Crippen molar-refractivity contribution in [2.75, 3.05) is 44.7 Å². The quantitative estimate of drug-likeness (QED) is 0.520. The van der Waals surface area contributed by atoms with Crippen molar-refractivity contribution in [2.45, 2.75) is 26.9 Å². The first-order valence-corrected chi connectivity index (χ1v) is 11.3. The third-order valence-electron chi connectivity index (χ3n) is 5.89. The van der Waals surface area contributed by atoms with Crippen molar-refractivity contribution in [1.82, 2.24) is 20.7 Å². The molecule has 0 aliphatic carbocycles. The van der Waals surface area contributed by atoms with Gasteiger partial charge in [-0.3, -0.25) is 14.6 Å². The van der Waals surface area contributed by atoms with Crippen molar-refractivity contribution >= 4 is 17.5 Å². The molecule has 0 saturated carbocycles. The number of aryl methyl sites for hydroxylation is 1. The van der Waals surface area contributed by atoms with E-state index < -0.39 is 5.82 Å². The number of fused-ring (bicyclic) bond motifs is 1. The van der Waals surface area contributed by atoms with Gasteiger partial charge in [-0.1, -0.05) is 31.2 Å². The summed E-state index contributed by atoms with van der Waals surface area (Å²) in [6.07, 6.45) is 0. The van der Waals surface area contributed by atoms with Gasteiger partial charge < -0.3 is 15.5 Å². The number of benzene rings is 2. The Morgan fingerprint density at radius 2 is 1.82 bits per heavy atom. The largest absolute Gasteiger partial charge is 0.353 e. The summed E-state index contributed by atoms with van der Waals surface area (Å²) in [5.74, 6) is -1.10. The fraction of sp³-hybridized carbons (Fsp3) is 0.400. The third kappa shape index (κ3) is 6.10. The fourth-order valence-corrected chi connectivity index (χ4v) is 3.96. The molecule has 0 radical (unpaired) electrons. The van der Waals surface area contributed by atoms with Crippen molar-refractivity contribution in [3.63, 3.8) is 0 Å². The molecule has 1 aliphatic heterocycles. The molecule has 2 aromatic rings. The van der Waals surface area contributed by atoms with Gasteiger partial charge >= 0.3 is 0 Å². The average Bonchev–Trinajstić information content (AvgIpc) is 3.25. The zero-order chi connectivity index (χ0) is 24.7. The van der Waals surface area contributed by atoms with Gasteiger partial charge in [-0.2, -0.15) is 5.26 Å². The summed E-state index contributed by atoms with van der Waals surface area (Å²) < 4.78 is 14.1. The molecule has 8 nitrogen and oxygen atoms in total. The Morgan fingerprint density at radius 1 is 1.15 bits per heavy atom. The first kappa shape index (κ1) is 25.1. The first-order valence-electron chi connectivity index (χ1n) is 11.3. The van der Waals surface area contributed by atoms with Crippen LogP contribution in [0.4, 0.5) is 10.1 Å². The van der Waals surface area contributed by atoms with E-state index >= 15 is 0 Å². The number of carbonyl (C=O) groups is 2. The molecule has 0 atom stereocenters. The summed E-state index contributed by atoms with van der Waals surface area (Å²) in [6.45, 7) is 6.61. The fourth-order valence-electron chi connectivity index (χ4n) is 3.96. The van der Waals surface area contributed by atoms with Crippen molar-refractivity contribution < 1.29 is 14.0 Å². The Kier molecular flexibility index (Phi) is 8.57. The van der Waals surface area contributed by atoms with Gasteiger partial charge in [0.1, 0.15) is 11.9 Å². The standard InChI is InChI=1S/C25H31FN6O2/c1-4-28-9-10-29-24(33)16-31(23-12-21(13-27)22(26)11-18(23)2)17-25(34)30(3)32-14-19-7-5-6-8-20(19)15-32/h5-8,11-12,28H,4,9-10,14-17H2,1-3H3,(H,29,33). The molecular formula is C25H31FN6O2. The highest BCUT2D eigenvalue weighted by atomic mass is 19.1. The number of likely N-dealkylation sites (N-methyl/N-ethyl adjacent to an activating group) is 2. The second-order valence-corrected chi connectivity index (χ2v) is 8.30. The van der Waals surface area contributed by atoms with Crippen LogP contribution in [-0.2, 0) is 22.7 Å². The summed E-state index contributed by atoms with van der Waals surface area (Å²) in [5, 5.41) is 18.8. The maximum atomic E-state index is 14.1. The molecule has 1 heterocycles. The Balaban J connectivity index is 1.76. The molecule has 0 aromatic heterocycles. The highest BCUT2D eigenvalue weighted by molar-refractivity contribution is 5.86. The SMILES string of the molecule is CCNCCNC(=O)CN(CC(=O)N(C)N1Cc2ccccc2C1)c1cc(C#N)c(F)cc1C. The number of carbonyl (C=O) groups excluding carboxylic acids is 2. The highest BCUT2D eigenvalue weighted by Gasteiger charge is 2.27. The number of halogens is 1. The topological polar surface area (TPSA) is 91.7 Å². The number of hydrazine groups is 1. The molecule has 34 heavy (non-hydrogen) atoms.